The molecule has 2 heterocycles. The van der Waals surface area contributed by atoms with E-state index in [1.807, 2.05) is 11.9 Å². The smallest absolute Gasteiger partial charge is 0.231 e. The molecule has 1 aromatic rings. The maximum Gasteiger partial charge on any atom is 0.231 e. The fourth-order valence-corrected chi connectivity index (χ4v) is 2.12. The van der Waals surface area contributed by atoms with Crippen LogP contribution in [0.4, 0.5) is 11.9 Å². The lowest BCUT2D eigenvalue weighted by Gasteiger charge is -2.20. The largest absolute Gasteiger partial charge is 0.396 e. The van der Waals surface area contributed by atoms with E-state index in [1.165, 1.54) is 12.8 Å². The predicted octanol–water partition coefficient (Wildman–Crippen LogP) is 0.944. The molecule has 0 spiro atoms. The van der Waals surface area contributed by atoms with E-state index in [0.717, 1.165) is 13.1 Å². The molecule has 18 heavy (non-hydrogen) atoms. The highest BCUT2D eigenvalue weighted by atomic mass is 35.5. The summed E-state index contributed by atoms with van der Waals surface area (Å²) in [5.74, 6) is 1.21. The zero-order chi connectivity index (χ0) is 13.0. The molecule has 100 valence electrons. The van der Waals surface area contributed by atoms with Crippen LogP contribution in [-0.2, 0) is 0 Å². The summed E-state index contributed by atoms with van der Waals surface area (Å²) in [6.45, 7) is 2.79. The number of nitrogens with zero attached hydrogens (tertiary/aromatic N) is 5. The molecule has 0 amide bonds. The Hall–Kier alpha value is -1.14. The molecule has 0 bridgehead atoms. The molecule has 6 nitrogen and oxygen atoms in total. The Morgan fingerprint density at radius 1 is 1.28 bits per heavy atom. The molecule has 0 aromatic carbocycles. The van der Waals surface area contributed by atoms with Gasteiger partial charge in [0.25, 0.3) is 0 Å². The second-order valence-electron chi connectivity index (χ2n) is 4.40. The van der Waals surface area contributed by atoms with E-state index in [2.05, 4.69) is 19.9 Å². The molecule has 1 aliphatic rings. The van der Waals surface area contributed by atoms with Gasteiger partial charge in [-0.15, -0.1) is 0 Å². The van der Waals surface area contributed by atoms with Crippen LogP contribution in [0.5, 0.6) is 0 Å². The third-order valence-electron chi connectivity index (χ3n) is 2.97. The van der Waals surface area contributed by atoms with E-state index in [1.54, 1.807) is 0 Å². The van der Waals surface area contributed by atoms with Gasteiger partial charge in [-0.1, -0.05) is 0 Å². The summed E-state index contributed by atoms with van der Waals surface area (Å²) < 4.78 is 0. The first-order chi connectivity index (χ1) is 8.70. The highest BCUT2D eigenvalue weighted by Crippen LogP contribution is 2.19. The number of aromatic nitrogens is 3. The Labute approximate surface area is 112 Å². The van der Waals surface area contributed by atoms with Crippen molar-refractivity contribution < 1.29 is 5.11 Å². The number of rotatable bonds is 5. The second kappa shape index (κ2) is 6.15. The topological polar surface area (TPSA) is 65.4 Å². The lowest BCUT2D eigenvalue weighted by Crippen LogP contribution is -2.25. The third-order valence-corrected chi connectivity index (χ3v) is 3.14. The zero-order valence-corrected chi connectivity index (χ0v) is 11.3. The average Bonchev–Trinajstić information content (AvgIpc) is 2.89. The summed E-state index contributed by atoms with van der Waals surface area (Å²) in [5, 5.41) is 9.05. The molecule has 2 rings (SSSR count). The van der Waals surface area contributed by atoms with Gasteiger partial charge < -0.3 is 14.9 Å². The standard InChI is InChI=1S/C11H18ClN5O/c1-16(5-4-8-18)10-13-9(12)14-11(15-10)17-6-2-3-7-17/h18H,2-8H2,1H3. The molecule has 1 saturated heterocycles. The van der Waals surface area contributed by atoms with E-state index in [0.29, 0.717) is 24.9 Å². The molecule has 1 N–H and O–H groups in total. The van der Waals surface area contributed by atoms with Crippen LogP contribution in [0, 0.1) is 0 Å². The summed E-state index contributed by atoms with van der Waals surface area (Å²) in [7, 11) is 1.88. The van der Waals surface area contributed by atoms with Crippen molar-refractivity contribution in [2.75, 3.05) is 43.1 Å². The second-order valence-corrected chi connectivity index (χ2v) is 4.74. The number of hydrogen-bond acceptors (Lipinski definition) is 6. The lowest BCUT2D eigenvalue weighted by molar-refractivity contribution is 0.290. The number of anilines is 2. The first-order valence-electron chi connectivity index (χ1n) is 6.19. The molecular formula is C11H18ClN5O. The maximum atomic E-state index is 8.83. The summed E-state index contributed by atoms with van der Waals surface area (Å²) in [5.41, 5.74) is 0. The summed E-state index contributed by atoms with van der Waals surface area (Å²) >= 11 is 5.94. The number of hydrogen-bond donors (Lipinski definition) is 1. The molecule has 1 fully saturated rings. The van der Waals surface area contributed by atoms with Crippen molar-refractivity contribution in [2.45, 2.75) is 19.3 Å². The van der Waals surface area contributed by atoms with E-state index >= 15 is 0 Å². The number of aliphatic hydroxyl groups excluding tert-OH is 1. The predicted molar refractivity (Wildman–Crippen MR) is 71.3 cm³/mol. The van der Waals surface area contributed by atoms with Gasteiger partial charge in [-0.05, 0) is 30.9 Å². The average molecular weight is 272 g/mol. The van der Waals surface area contributed by atoms with Crippen LogP contribution in [0.25, 0.3) is 0 Å². The summed E-state index contributed by atoms with van der Waals surface area (Å²) in [4.78, 5) is 16.7. The molecule has 0 saturated carbocycles. The lowest BCUT2D eigenvalue weighted by atomic mass is 10.4. The van der Waals surface area contributed by atoms with Crippen LogP contribution in [0.1, 0.15) is 19.3 Å². The Balaban J connectivity index is 2.14. The van der Waals surface area contributed by atoms with Crippen LogP contribution in [0.15, 0.2) is 0 Å². The van der Waals surface area contributed by atoms with E-state index in [-0.39, 0.29) is 11.9 Å². The van der Waals surface area contributed by atoms with E-state index in [9.17, 15) is 0 Å². The third kappa shape index (κ3) is 3.20. The zero-order valence-electron chi connectivity index (χ0n) is 10.5. The normalized spacial score (nSPS) is 15.2. The van der Waals surface area contributed by atoms with Crippen molar-refractivity contribution in [3.8, 4) is 0 Å². The van der Waals surface area contributed by atoms with Gasteiger partial charge in [-0.3, -0.25) is 0 Å². The van der Waals surface area contributed by atoms with E-state index < -0.39 is 0 Å². The number of halogens is 1. The van der Waals surface area contributed by atoms with Gasteiger partial charge >= 0.3 is 0 Å². The molecule has 0 radical (unpaired) electrons. The van der Waals surface area contributed by atoms with Gasteiger partial charge in [-0.25, -0.2) is 0 Å². The Morgan fingerprint density at radius 2 is 2.00 bits per heavy atom. The van der Waals surface area contributed by atoms with Crippen molar-refractivity contribution in [1.29, 1.82) is 0 Å². The van der Waals surface area contributed by atoms with Gasteiger partial charge in [0, 0.05) is 33.3 Å². The van der Waals surface area contributed by atoms with E-state index in [4.69, 9.17) is 16.7 Å². The van der Waals surface area contributed by atoms with Crippen LogP contribution >= 0.6 is 11.6 Å². The Kier molecular flexibility index (Phi) is 4.54. The van der Waals surface area contributed by atoms with Crippen LogP contribution in [0.3, 0.4) is 0 Å². The molecule has 0 atom stereocenters. The molecule has 1 aliphatic heterocycles. The van der Waals surface area contributed by atoms with Gasteiger partial charge in [-0.2, -0.15) is 15.0 Å². The minimum absolute atomic E-state index is 0.155. The molecule has 0 unspecified atom stereocenters. The minimum Gasteiger partial charge on any atom is -0.396 e. The maximum absolute atomic E-state index is 8.83. The van der Waals surface area contributed by atoms with Crippen molar-refractivity contribution in [1.82, 2.24) is 15.0 Å². The fourth-order valence-electron chi connectivity index (χ4n) is 1.97. The van der Waals surface area contributed by atoms with Crippen molar-refractivity contribution in [3.05, 3.63) is 5.28 Å². The van der Waals surface area contributed by atoms with Crippen molar-refractivity contribution in [3.63, 3.8) is 0 Å². The van der Waals surface area contributed by atoms with Crippen LogP contribution in [-0.4, -0.2) is 53.3 Å². The fraction of sp³-hybridized carbons (Fsp3) is 0.727. The van der Waals surface area contributed by atoms with Gasteiger partial charge in [0.05, 0.1) is 0 Å². The Bertz CT molecular complexity index is 397. The van der Waals surface area contributed by atoms with Gasteiger partial charge in [0.2, 0.25) is 17.2 Å². The highest BCUT2D eigenvalue weighted by molar-refractivity contribution is 6.28. The molecule has 7 heteroatoms. The van der Waals surface area contributed by atoms with Gasteiger partial charge in [0.15, 0.2) is 0 Å². The van der Waals surface area contributed by atoms with Crippen LogP contribution < -0.4 is 9.80 Å². The highest BCUT2D eigenvalue weighted by Gasteiger charge is 2.17. The SMILES string of the molecule is CN(CCCO)c1nc(Cl)nc(N2CCCC2)n1. The Morgan fingerprint density at radius 3 is 2.67 bits per heavy atom. The summed E-state index contributed by atoms with van der Waals surface area (Å²) in [6.07, 6.45) is 3.01. The first-order valence-corrected chi connectivity index (χ1v) is 6.57. The van der Waals surface area contributed by atoms with Gasteiger partial charge in [0.1, 0.15) is 0 Å². The summed E-state index contributed by atoms with van der Waals surface area (Å²) in [6, 6.07) is 0. The minimum atomic E-state index is 0.155. The number of aliphatic hydroxyl groups is 1. The van der Waals surface area contributed by atoms with Crippen LogP contribution in [0.2, 0.25) is 5.28 Å². The molecule has 0 aliphatic carbocycles. The molecule has 1 aromatic heterocycles. The monoisotopic (exact) mass is 271 g/mol. The van der Waals surface area contributed by atoms with Crippen molar-refractivity contribution in [2.24, 2.45) is 0 Å². The van der Waals surface area contributed by atoms with Crippen molar-refractivity contribution >= 4 is 23.5 Å². The quantitative estimate of drug-likeness (QED) is 0.860. The molecular weight excluding hydrogens is 254 g/mol. The first kappa shape index (κ1) is 13.3.